The van der Waals surface area contributed by atoms with Crippen LogP contribution in [0.1, 0.15) is 47.8 Å². The first-order valence-corrected chi connectivity index (χ1v) is 11.7. The minimum Gasteiger partial charge on any atom is -0.491 e. The van der Waals surface area contributed by atoms with Gasteiger partial charge in [-0.3, -0.25) is 9.59 Å². The van der Waals surface area contributed by atoms with E-state index in [0.29, 0.717) is 12.3 Å². The number of ether oxygens (including phenoxy) is 1. The summed E-state index contributed by atoms with van der Waals surface area (Å²) in [5.41, 5.74) is 0.476. The molecule has 6 nitrogen and oxygen atoms in total. The van der Waals surface area contributed by atoms with Gasteiger partial charge in [-0.1, -0.05) is 0 Å². The molecule has 0 aliphatic carbocycles. The first kappa shape index (κ1) is 23.0. The van der Waals surface area contributed by atoms with Crippen molar-refractivity contribution < 1.29 is 23.1 Å². The zero-order chi connectivity index (χ0) is 23.6. The van der Waals surface area contributed by atoms with Crippen molar-refractivity contribution in [1.29, 1.82) is 0 Å². The van der Waals surface area contributed by atoms with Crippen LogP contribution in [0.25, 0.3) is 0 Å². The lowest BCUT2D eigenvalue weighted by Gasteiger charge is -2.40. The van der Waals surface area contributed by atoms with Gasteiger partial charge in [0.25, 0.3) is 5.91 Å². The highest BCUT2D eigenvalue weighted by Gasteiger charge is 2.36. The third-order valence-electron chi connectivity index (χ3n) is 5.72. The summed E-state index contributed by atoms with van der Waals surface area (Å²) in [6, 6.07) is 10.8. The average Bonchev–Trinajstić information content (AvgIpc) is 3.47. The van der Waals surface area contributed by atoms with Crippen LogP contribution in [0, 0.1) is 5.82 Å². The van der Waals surface area contributed by atoms with E-state index in [9.17, 15) is 14.0 Å². The van der Waals surface area contributed by atoms with Crippen LogP contribution in [0.3, 0.4) is 0 Å². The summed E-state index contributed by atoms with van der Waals surface area (Å²) in [6.45, 7) is 6.38. The fourth-order valence-electron chi connectivity index (χ4n) is 3.95. The molecule has 0 saturated heterocycles. The second kappa shape index (κ2) is 9.39. The summed E-state index contributed by atoms with van der Waals surface area (Å²) in [6.07, 6.45) is 2.20. The lowest BCUT2D eigenvalue weighted by molar-refractivity contribution is -0.136. The number of rotatable bonds is 6. The molecular formula is C25H27FN2O4S. The zero-order valence-electron chi connectivity index (χ0n) is 18.9. The van der Waals surface area contributed by atoms with Gasteiger partial charge >= 0.3 is 0 Å². The van der Waals surface area contributed by atoms with Gasteiger partial charge in [-0.05, 0) is 80.6 Å². The summed E-state index contributed by atoms with van der Waals surface area (Å²) < 4.78 is 24.5. The van der Waals surface area contributed by atoms with Crippen molar-refractivity contribution in [3.8, 4) is 5.75 Å². The number of carbonyl (C=O) groups is 2. The van der Waals surface area contributed by atoms with Crippen LogP contribution in [0.15, 0.2) is 58.5 Å². The predicted molar refractivity (Wildman–Crippen MR) is 124 cm³/mol. The topological polar surface area (TPSA) is 63.0 Å². The van der Waals surface area contributed by atoms with Crippen LogP contribution in [-0.2, 0) is 11.2 Å². The van der Waals surface area contributed by atoms with E-state index in [-0.39, 0.29) is 42.6 Å². The molecule has 0 radical (unpaired) electrons. The number of furan rings is 1. The van der Waals surface area contributed by atoms with Gasteiger partial charge in [0.2, 0.25) is 5.91 Å². The Labute approximate surface area is 196 Å². The number of hydrogen-bond donors (Lipinski definition) is 0. The smallest absolute Gasteiger partial charge is 0.290 e. The molecule has 0 spiro atoms. The fourth-order valence-corrected chi connectivity index (χ4v) is 4.88. The Bertz CT molecular complexity index is 1100. The standard InChI is InChI=1S/C25H27FN2O4S/c1-25(2,3)28(24(30)21-5-4-13-31-21)15-23(29)27-12-10-22-19(11-14-33-22)20(27)16-32-18-8-6-17(26)7-9-18/h4-9,11,13-14,20H,10,12,15-16H2,1-3H3/t20-/m0/s1. The molecule has 2 aromatic heterocycles. The molecule has 1 atom stereocenters. The Kier molecular flexibility index (Phi) is 6.56. The van der Waals surface area contributed by atoms with E-state index in [2.05, 4.69) is 0 Å². The number of thiophene rings is 1. The Morgan fingerprint density at radius 2 is 1.97 bits per heavy atom. The second-order valence-electron chi connectivity index (χ2n) is 8.96. The molecule has 3 aromatic rings. The van der Waals surface area contributed by atoms with E-state index >= 15 is 0 Å². The normalized spacial score (nSPS) is 15.8. The maximum atomic E-state index is 13.5. The van der Waals surface area contributed by atoms with E-state index in [1.807, 2.05) is 32.2 Å². The highest BCUT2D eigenvalue weighted by atomic mass is 32.1. The fraction of sp³-hybridized carbons (Fsp3) is 0.360. The number of halogens is 1. The molecule has 174 valence electrons. The third kappa shape index (κ3) is 5.11. The molecule has 0 N–H and O–H groups in total. The summed E-state index contributed by atoms with van der Waals surface area (Å²) in [5.74, 6) is -0.0776. The summed E-state index contributed by atoms with van der Waals surface area (Å²) in [5, 5.41) is 2.02. The minimum atomic E-state index is -0.580. The van der Waals surface area contributed by atoms with E-state index in [1.165, 1.54) is 28.2 Å². The maximum Gasteiger partial charge on any atom is 0.290 e. The molecule has 0 unspecified atom stereocenters. The van der Waals surface area contributed by atoms with E-state index < -0.39 is 5.54 Å². The van der Waals surface area contributed by atoms with Gasteiger partial charge in [0.1, 0.15) is 24.7 Å². The number of hydrogen-bond acceptors (Lipinski definition) is 5. The average molecular weight is 471 g/mol. The Hall–Kier alpha value is -3.13. The predicted octanol–water partition coefficient (Wildman–Crippen LogP) is 4.93. The van der Waals surface area contributed by atoms with Crippen molar-refractivity contribution in [2.45, 2.75) is 38.8 Å². The second-order valence-corrected chi connectivity index (χ2v) is 9.96. The molecule has 3 heterocycles. The Balaban J connectivity index is 1.54. The first-order valence-electron chi connectivity index (χ1n) is 10.8. The van der Waals surface area contributed by atoms with Gasteiger partial charge in [-0.2, -0.15) is 0 Å². The highest BCUT2D eigenvalue weighted by molar-refractivity contribution is 7.10. The first-order chi connectivity index (χ1) is 15.7. The lowest BCUT2D eigenvalue weighted by Crippen LogP contribution is -2.53. The van der Waals surface area contributed by atoms with Crippen molar-refractivity contribution >= 4 is 23.2 Å². The van der Waals surface area contributed by atoms with Gasteiger partial charge in [-0.15, -0.1) is 11.3 Å². The van der Waals surface area contributed by atoms with Crippen LogP contribution in [0.5, 0.6) is 5.75 Å². The van der Waals surface area contributed by atoms with Gasteiger partial charge in [0.15, 0.2) is 5.76 Å². The minimum absolute atomic E-state index is 0.0739. The van der Waals surface area contributed by atoms with Crippen molar-refractivity contribution in [2.75, 3.05) is 19.7 Å². The van der Waals surface area contributed by atoms with Crippen molar-refractivity contribution in [3.63, 3.8) is 0 Å². The number of amides is 2. The molecule has 1 aliphatic rings. The van der Waals surface area contributed by atoms with E-state index in [0.717, 1.165) is 12.0 Å². The van der Waals surface area contributed by atoms with Crippen molar-refractivity contribution in [2.24, 2.45) is 0 Å². The van der Waals surface area contributed by atoms with E-state index in [4.69, 9.17) is 9.15 Å². The highest BCUT2D eigenvalue weighted by Crippen LogP contribution is 2.34. The maximum absolute atomic E-state index is 13.5. The van der Waals surface area contributed by atoms with Crippen molar-refractivity contribution in [3.05, 3.63) is 76.1 Å². The molecule has 0 saturated carbocycles. The lowest BCUT2D eigenvalue weighted by atomic mass is 9.99. The number of fused-ring (bicyclic) bond motifs is 1. The largest absolute Gasteiger partial charge is 0.491 e. The van der Waals surface area contributed by atoms with Gasteiger partial charge in [0.05, 0.1) is 12.3 Å². The van der Waals surface area contributed by atoms with Crippen LogP contribution in [0.2, 0.25) is 0 Å². The van der Waals surface area contributed by atoms with Gasteiger partial charge in [0, 0.05) is 17.0 Å². The molecule has 8 heteroatoms. The Morgan fingerprint density at radius 3 is 2.64 bits per heavy atom. The number of carbonyl (C=O) groups excluding carboxylic acids is 2. The quantitative estimate of drug-likeness (QED) is 0.513. The SMILES string of the molecule is CC(C)(C)N(CC(=O)N1CCc2sccc2[C@@H]1COc1ccc(F)cc1)C(=O)c1ccco1. The molecular weight excluding hydrogens is 443 g/mol. The number of nitrogens with zero attached hydrogens (tertiary/aromatic N) is 2. The number of benzene rings is 1. The molecule has 1 aliphatic heterocycles. The Morgan fingerprint density at radius 1 is 1.21 bits per heavy atom. The molecule has 0 bridgehead atoms. The van der Waals surface area contributed by atoms with Crippen LogP contribution in [0.4, 0.5) is 4.39 Å². The zero-order valence-corrected chi connectivity index (χ0v) is 19.7. The molecule has 33 heavy (non-hydrogen) atoms. The van der Waals surface area contributed by atoms with Gasteiger partial charge in [-0.25, -0.2) is 4.39 Å². The molecule has 1 aromatic carbocycles. The molecule has 2 amide bonds. The van der Waals surface area contributed by atoms with Crippen LogP contribution >= 0.6 is 11.3 Å². The summed E-state index contributed by atoms with van der Waals surface area (Å²) in [4.78, 5) is 31.1. The third-order valence-corrected chi connectivity index (χ3v) is 6.71. The monoisotopic (exact) mass is 470 g/mol. The molecule has 4 rings (SSSR count). The van der Waals surface area contributed by atoms with Gasteiger partial charge < -0.3 is 19.0 Å². The summed E-state index contributed by atoms with van der Waals surface area (Å²) >= 11 is 1.67. The summed E-state index contributed by atoms with van der Waals surface area (Å²) in [7, 11) is 0. The van der Waals surface area contributed by atoms with Crippen LogP contribution < -0.4 is 4.74 Å². The van der Waals surface area contributed by atoms with E-state index in [1.54, 1.807) is 40.5 Å². The molecule has 0 fully saturated rings. The van der Waals surface area contributed by atoms with Crippen LogP contribution in [-0.4, -0.2) is 46.8 Å². The van der Waals surface area contributed by atoms with Crippen molar-refractivity contribution in [1.82, 2.24) is 9.80 Å².